The third-order valence-electron chi connectivity index (χ3n) is 9.65. The molecule has 0 saturated heterocycles. The van der Waals surface area contributed by atoms with Crippen LogP contribution < -0.4 is 0 Å². The highest BCUT2D eigenvalue weighted by molar-refractivity contribution is 6.22. The van der Waals surface area contributed by atoms with E-state index in [1.807, 2.05) is 30.3 Å². The highest BCUT2D eigenvalue weighted by Gasteiger charge is 2.22. The zero-order chi connectivity index (χ0) is 32.9. The van der Waals surface area contributed by atoms with Crippen LogP contribution in [0.25, 0.3) is 82.4 Å². The fourth-order valence-electron chi connectivity index (χ4n) is 7.59. The van der Waals surface area contributed by atoms with Crippen LogP contribution in [0.1, 0.15) is 11.1 Å². The lowest BCUT2D eigenvalue weighted by atomic mass is 9.83. The topological polar surface area (TPSA) is 52.5 Å². The molecule has 0 aliphatic heterocycles. The predicted molar refractivity (Wildman–Crippen MR) is 202 cm³/mol. The van der Waals surface area contributed by atoms with Gasteiger partial charge in [-0.1, -0.05) is 121 Å². The molecule has 9 rings (SSSR count). The summed E-state index contributed by atoms with van der Waals surface area (Å²) in [5.41, 5.74) is 10.5. The fourth-order valence-corrected chi connectivity index (χ4v) is 7.59. The molecule has 0 amide bonds. The Hall–Kier alpha value is -6.94. The van der Waals surface area contributed by atoms with Crippen LogP contribution >= 0.6 is 0 Å². The van der Waals surface area contributed by atoms with Crippen LogP contribution in [0.3, 0.4) is 0 Å². The van der Waals surface area contributed by atoms with Gasteiger partial charge in [-0.15, -0.1) is 0 Å². The lowest BCUT2D eigenvalue weighted by molar-refractivity contribution is 1.18. The van der Waals surface area contributed by atoms with Gasteiger partial charge >= 0.3 is 0 Å². The number of benzene rings is 8. The van der Waals surface area contributed by atoms with Crippen molar-refractivity contribution in [3.8, 4) is 51.2 Å². The second kappa shape index (κ2) is 11.4. The van der Waals surface area contributed by atoms with E-state index in [0.717, 1.165) is 76.9 Å². The number of para-hydroxylation sites is 2. The summed E-state index contributed by atoms with van der Waals surface area (Å²) in [7, 11) is 0. The molecule has 0 fully saturated rings. The van der Waals surface area contributed by atoms with Gasteiger partial charge in [0.2, 0.25) is 0 Å². The van der Waals surface area contributed by atoms with Crippen molar-refractivity contribution < 1.29 is 0 Å². The standard InChI is InChI=1S/C46H27N3/c47-28-30-22-24-39(46-37-18-6-4-16-35(37)45(32-12-2-1-3-13-32)36-17-5-7-19-38(36)46)40(26-30)41-27-31(29-48)23-25-44(41)49-42-20-10-8-14-33(42)34-15-9-11-21-43(34)49/h1-27H. The summed E-state index contributed by atoms with van der Waals surface area (Å²) in [5, 5.41) is 27.3. The maximum Gasteiger partial charge on any atom is 0.0991 e. The second-order valence-electron chi connectivity index (χ2n) is 12.3. The van der Waals surface area contributed by atoms with Crippen molar-refractivity contribution in [3.05, 3.63) is 175 Å². The summed E-state index contributed by atoms with van der Waals surface area (Å²) < 4.78 is 2.29. The molecule has 8 aromatic carbocycles. The Morgan fingerprint density at radius 3 is 1.37 bits per heavy atom. The zero-order valence-electron chi connectivity index (χ0n) is 26.4. The van der Waals surface area contributed by atoms with E-state index in [9.17, 15) is 10.5 Å². The van der Waals surface area contributed by atoms with Crippen molar-refractivity contribution in [3.63, 3.8) is 0 Å². The first-order valence-corrected chi connectivity index (χ1v) is 16.3. The molecule has 0 spiro atoms. The largest absolute Gasteiger partial charge is 0.309 e. The summed E-state index contributed by atoms with van der Waals surface area (Å²) >= 11 is 0. The minimum atomic E-state index is 0.557. The van der Waals surface area contributed by atoms with Gasteiger partial charge in [-0.3, -0.25) is 0 Å². The molecule has 226 valence electrons. The molecule has 0 N–H and O–H groups in total. The van der Waals surface area contributed by atoms with Crippen molar-refractivity contribution >= 4 is 43.4 Å². The average Bonchev–Trinajstić information content (AvgIpc) is 3.51. The highest BCUT2D eigenvalue weighted by atomic mass is 15.0. The van der Waals surface area contributed by atoms with E-state index in [-0.39, 0.29) is 0 Å². The van der Waals surface area contributed by atoms with Crippen molar-refractivity contribution in [2.24, 2.45) is 0 Å². The molecular formula is C46H27N3. The third kappa shape index (κ3) is 4.42. The van der Waals surface area contributed by atoms with Crippen LogP contribution in [0.2, 0.25) is 0 Å². The number of fused-ring (bicyclic) bond motifs is 5. The number of hydrogen-bond donors (Lipinski definition) is 0. The maximum absolute atomic E-state index is 10.2. The van der Waals surface area contributed by atoms with Gasteiger partial charge in [0.25, 0.3) is 0 Å². The van der Waals surface area contributed by atoms with E-state index in [1.54, 1.807) is 0 Å². The van der Waals surface area contributed by atoms with Gasteiger partial charge in [-0.05, 0) is 91.8 Å². The number of hydrogen-bond acceptors (Lipinski definition) is 2. The van der Waals surface area contributed by atoms with Crippen molar-refractivity contribution in [2.45, 2.75) is 0 Å². The predicted octanol–water partition coefficient (Wildman–Crippen LogP) is 11.8. The summed E-state index contributed by atoms with van der Waals surface area (Å²) in [6, 6.07) is 61.3. The first-order chi connectivity index (χ1) is 24.2. The monoisotopic (exact) mass is 621 g/mol. The molecule has 3 heteroatoms. The second-order valence-corrected chi connectivity index (χ2v) is 12.3. The third-order valence-corrected chi connectivity index (χ3v) is 9.65. The number of rotatable bonds is 4. The zero-order valence-corrected chi connectivity index (χ0v) is 26.4. The SMILES string of the molecule is N#Cc1ccc(-c2c3ccccc3c(-c3ccccc3)c3ccccc23)c(-c2cc(C#N)ccc2-n2c3ccccc3c3ccccc32)c1. The quantitative estimate of drug-likeness (QED) is 0.184. The molecular weight excluding hydrogens is 595 g/mol. The first-order valence-electron chi connectivity index (χ1n) is 16.3. The van der Waals surface area contributed by atoms with Crippen LogP contribution in [0.5, 0.6) is 0 Å². The molecule has 0 atom stereocenters. The maximum atomic E-state index is 10.2. The van der Waals surface area contributed by atoms with Crippen molar-refractivity contribution in [2.75, 3.05) is 0 Å². The van der Waals surface area contributed by atoms with Crippen LogP contribution in [0, 0.1) is 22.7 Å². The molecule has 0 aliphatic rings. The molecule has 1 heterocycles. The van der Waals surface area contributed by atoms with E-state index < -0.39 is 0 Å². The molecule has 9 aromatic rings. The Kier molecular flexibility index (Phi) is 6.58. The van der Waals surface area contributed by atoms with Crippen LogP contribution in [-0.2, 0) is 0 Å². The minimum Gasteiger partial charge on any atom is -0.309 e. The van der Waals surface area contributed by atoms with Gasteiger partial charge in [0.05, 0.1) is 40.0 Å². The molecule has 3 nitrogen and oxygen atoms in total. The van der Waals surface area contributed by atoms with Crippen molar-refractivity contribution in [1.82, 2.24) is 4.57 Å². The van der Waals surface area contributed by atoms with E-state index in [2.05, 4.69) is 150 Å². The molecule has 0 unspecified atom stereocenters. The summed E-state index contributed by atoms with van der Waals surface area (Å²) in [6.07, 6.45) is 0. The Labute approximate surface area is 283 Å². The van der Waals surface area contributed by atoms with Gasteiger partial charge in [-0.2, -0.15) is 10.5 Å². The van der Waals surface area contributed by atoms with Gasteiger partial charge in [0.1, 0.15) is 0 Å². The Morgan fingerprint density at radius 1 is 0.367 bits per heavy atom. The molecule has 0 radical (unpaired) electrons. The van der Waals surface area contributed by atoms with E-state index in [1.165, 1.54) is 5.56 Å². The van der Waals surface area contributed by atoms with Gasteiger partial charge in [-0.25, -0.2) is 0 Å². The number of nitriles is 2. The average molecular weight is 622 g/mol. The van der Waals surface area contributed by atoms with Gasteiger partial charge in [0, 0.05) is 16.3 Å². The Balaban J connectivity index is 1.43. The van der Waals surface area contributed by atoms with Crippen LogP contribution in [-0.4, -0.2) is 4.57 Å². The normalized spacial score (nSPS) is 11.2. The van der Waals surface area contributed by atoms with Crippen LogP contribution in [0.15, 0.2) is 164 Å². The summed E-state index contributed by atoms with van der Waals surface area (Å²) in [5.74, 6) is 0. The molecule has 1 aromatic heterocycles. The fraction of sp³-hybridized carbons (Fsp3) is 0. The Morgan fingerprint density at radius 2 is 0.816 bits per heavy atom. The first kappa shape index (κ1) is 28.3. The van der Waals surface area contributed by atoms with Gasteiger partial charge < -0.3 is 4.57 Å². The molecule has 49 heavy (non-hydrogen) atoms. The van der Waals surface area contributed by atoms with Gasteiger partial charge in [0.15, 0.2) is 0 Å². The molecule has 0 bridgehead atoms. The molecule has 0 saturated carbocycles. The molecule has 0 aliphatic carbocycles. The summed E-state index contributed by atoms with van der Waals surface area (Å²) in [4.78, 5) is 0. The Bertz CT molecular complexity index is 2740. The minimum absolute atomic E-state index is 0.557. The van der Waals surface area contributed by atoms with Crippen LogP contribution in [0.4, 0.5) is 0 Å². The van der Waals surface area contributed by atoms with E-state index >= 15 is 0 Å². The van der Waals surface area contributed by atoms with Crippen molar-refractivity contribution in [1.29, 1.82) is 10.5 Å². The number of aromatic nitrogens is 1. The highest BCUT2D eigenvalue weighted by Crippen LogP contribution is 2.47. The lowest BCUT2D eigenvalue weighted by Gasteiger charge is -2.21. The smallest absolute Gasteiger partial charge is 0.0991 e. The lowest BCUT2D eigenvalue weighted by Crippen LogP contribution is -2.00. The number of nitrogens with zero attached hydrogens (tertiary/aromatic N) is 3. The van der Waals surface area contributed by atoms with E-state index in [4.69, 9.17) is 0 Å². The summed E-state index contributed by atoms with van der Waals surface area (Å²) in [6.45, 7) is 0. The van der Waals surface area contributed by atoms with E-state index in [0.29, 0.717) is 11.1 Å².